The van der Waals surface area contributed by atoms with Crippen LogP contribution in [0.3, 0.4) is 0 Å². The van der Waals surface area contributed by atoms with Crippen LogP contribution in [0, 0.1) is 12.8 Å². The highest BCUT2D eigenvalue weighted by molar-refractivity contribution is 6.35. The van der Waals surface area contributed by atoms with Crippen molar-refractivity contribution in [2.24, 2.45) is 5.92 Å². The lowest BCUT2D eigenvalue weighted by molar-refractivity contribution is 0.0939. The Balaban J connectivity index is 2.61. The molecule has 0 aliphatic heterocycles. The van der Waals surface area contributed by atoms with Crippen LogP contribution in [-0.4, -0.2) is 15.8 Å². The normalized spacial score (nSPS) is 11.3. The van der Waals surface area contributed by atoms with Gasteiger partial charge in [0.2, 0.25) is 0 Å². The fourth-order valence-corrected chi connectivity index (χ4v) is 1.94. The molecule has 2 rings (SSSR count). The number of fused-ring (bicyclic) bond motifs is 1. The topological polar surface area (TPSA) is 45.8 Å². The second-order valence-corrected chi connectivity index (χ2v) is 4.60. The van der Waals surface area contributed by atoms with E-state index in [1.807, 2.05) is 26.8 Å². The van der Waals surface area contributed by atoms with Crippen molar-refractivity contribution < 1.29 is 4.79 Å². The maximum Gasteiger partial charge on any atom is 0.165 e. The molecule has 3 nitrogen and oxygen atoms in total. The first-order valence-electron chi connectivity index (χ1n) is 5.19. The molecule has 4 heteroatoms. The van der Waals surface area contributed by atoms with Gasteiger partial charge in [0.1, 0.15) is 11.3 Å². The lowest BCUT2D eigenvalue weighted by Gasteiger charge is -2.04. The molecular formula is C12H13ClN2O. The number of nitrogens with zero attached hydrogens (tertiary/aromatic N) is 1. The molecule has 16 heavy (non-hydrogen) atoms. The Morgan fingerprint density at radius 1 is 1.44 bits per heavy atom. The van der Waals surface area contributed by atoms with Crippen molar-refractivity contribution in [2.75, 3.05) is 0 Å². The Bertz CT molecular complexity index is 557. The minimum Gasteiger partial charge on any atom is -0.342 e. The van der Waals surface area contributed by atoms with Gasteiger partial charge in [0.25, 0.3) is 0 Å². The molecule has 2 aromatic rings. The molecule has 0 atom stereocenters. The van der Waals surface area contributed by atoms with Crippen molar-refractivity contribution in [1.82, 2.24) is 9.97 Å². The monoisotopic (exact) mass is 236 g/mol. The Labute approximate surface area is 98.8 Å². The third-order valence-electron chi connectivity index (χ3n) is 2.47. The van der Waals surface area contributed by atoms with Crippen LogP contribution >= 0.6 is 11.6 Å². The summed E-state index contributed by atoms with van der Waals surface area (Å²) < 4.78 is 0. The molecule has 0 unspecified atom stereocenters. The minimum atomic E-state index is -0.0301. The number of aryl methyl sites for hydroxylation is 1. The molecule has 0 fully saturated rings. The number of rotatable bonds is 2. The zero-order valence-electron chi connectivity index (χ0n) is 9.47. The molecule has 1 aromatic carbocycles. The molecule has 1 aromatic heterocycles. The Morgan fingerprint density at radius 3 is 2.75 bits per heavy atom. The van der Waals surface area contributed by atoms with Gasteiger partial charge in [0, 0.05) is 11.5 Å². The van der Waals surface area contributed by atoms with Crippen LogP contribution in [0.4, 0.5) is 0 Å². The molecule has 0 radical (unpaired) electrons. The van der Waals surface area contributed by atoms with Crippen LogP contribution in [0.1, 0.15) is 30.0 Å². The number of aromatic nitrogens is 2. The van der Waals surface area contributed by atoms with Crippen LogP contribution in [0.5, 0.6) is 0 Å². The highest BCUT2D eigenvalue weighted by atomic mass is 35.5. The molecule has 0 aliphatic rings. The van der Waals surface area contributed by atoms with Gasteiger partial charge >= 0.3 is 0 Å². The van der Waals surface area contributed by atoms with Gasteiger partial charge in [-0.2, -0.15) is 0 Å². The van der Waals surface area contributed by atoms with Crippen LogP contribution in [0.15, 0.2) is 12.1 Å². The first-order chi connectivity index (χ1) is 7.49. The summed E-state index contributed by atoms with van der Waals surface area (Å²) in [6.07, 6.45) is 0. The predicted molar refractivity (Wildman–Crippen MR) is 65.0 cm³/mol. The van der Waals surface area contributed by atoms with Crippen molar-refractivity contribution in [1.29, 1.82) is 0 Å². The first kappa shape index (κ1) is 11.1. The molecule has 0 amide bonds. The Kier molecular flexibility index (Phi) is 2.72. The largest absolute Gasteiger partial charge is 0.342 e. The number of Topliss-reactive ketones (excluding diaryl/α,β-unsaturated/α-hetero) is 1. The van der Waals surface area contributed by atoms with Crippen LogP contribution < -0.4 is 0 Å². The van der Waals surface area contributed by atoms with Crippen molar-refractivity contribution in [3.63, 3.8) is 0 Å². The predicted octanol–water partition coefficient (Wildman–Crippen LogP) is 3.36. The summed E-state index contributed by atoms with van der Waals surface area (Å²) in [5, 5.41) is 0.519. The average Bonchev–Trinajstić information content (AvgIpc) is 2.57. The molecule has 1 N–H and O–H groups in total. The van der Waals surface area contributed by atoms with Gasteiger partial charge < -0.3 is 4.98 Å². The van der Waals surface area contributed by atoms with Crippen molar-refractivity contribution in [3.05, 3.63) is 28.5 Å². The maximum absolute atomic E-state index is 11.9. The molecule has 0 bridgehead atoms. The van der Waals surface area contributed by atoms with E-state index in [9.17, 15) is 4.79 Å². The molecule has 0 spiro atoms. The van der Waals surface area contributed by atoms with Gasteiger partial charge in [-0.1, -0.05) is 25.4 Å². The van der Waals surface area contributed by atoms with E-state index in [2.05, 4.69) is 9.97 Å². The van der Waals surface area contributed by atoms with Gasteiger partial charge in [0.05, 0.1) is 10.5 Å². The SMILES string of the molecule is Cc1nc2c(Cl)cc(C(=O)C(C)C)cc2[nH]1. The van der Waals surface area contributed by atoms with E-state index < -0.39 is 0 Å². The summed E-state index contributed by atoms with van der Waals surface area (Å²) in [6.45, 7) is 5.61. The van der Waals surface area contributed by atoms with Crippen LogP contribution in [0.25, 0.3) is 11.0 Å². The molecule has 0 aliphatic carbocycles. The van der Waals surface area contributed by atoms with E-state index in [1.54, 1.807) is 6.07 Å². The van der Waals surface area contributed by atoms with Gasteiger partial charge in [-0.3, -0.25) is 4.79 Å². The molecule has 1 heterocycles. The van der Waals surface area contributed by atoms with Crippen molar-refractivity contribution >= 4 is 28.4 Å². The standard InChI is InChI=1S/C12H13ClN2O/c1-6(2)12(16)8-4-9(13)11-10(5-8)14-7(3)15-11/h4-6H,1-3H3,(H,14,15). The fraction of sp³-hybridized carbons (Fsp3) is 0.333. The van der Waals surface area contributed by atoms with Crippen LogP contribution in [-0.2, 0) is 0 Å². The number of hydrogen-bond acceptors (Lipinski definition) is 2. The molecule has 0 saturated heterocycles. The summed E-state index contributed by atoms with van der Waals surface area (Å²) in [5.74, 6) is 0.861. The quantitative estimate of drug-likeness (QED) is 0.813. The first-order valence-corrected chi connectivity index (χ1v) is 5.57. The summed E-state index contributed by atoms with van der Waals surface area (Å²) in [6, 6.07) is 3.50. The number of halogens is 1. The number of hydrogen-bond donors (Lipinski definition) is 1. The third-order valence-corrected chi connectivity index (χ3v) is 2.76. The Morgan fingerprint density at radius 2 is 2.12 bits per heavy atom. The van der Waals surface area contributed by atoms with Gasteiger partial charge in [-0.15, -0.1) is 0 Å². The second kappa shape index (κ2) is 3.91. The maximum atomic E-state index is 11.9. The van der Waals surface area contributed by atoms with Gasteiger partial charge in [-0.05, 0) is 19.1 Å². The fourth-order valence-electron chi connectivity index (χ4n) is 1.67. The molecule has 0 saturated carbocycles. The minimum absolute atomic E-state index is 0.0301. The van der Waals surface area contributed by atoms with Crippen molar-refractivity contribution in [2.45, 2.75) is 20.8 Å². The smallest absolute Gasteiger partial charge is 0.165 e. The summed E-state index contributed by atoms with van der Waals surface area (Å²) in [7, 11) is 0. The number of carbonyl (C=O) groups is 1. The highest BCUT2D eigenvalue weighted by Gasteiger charge is 2.14. The second-order valence-electron chi connectivity index (χ2n) is 4.20. The molecule has 84 valence electrons. The number of aromatic amines is 1. The number of H-pyrrole nitrogens is 1. The van der Waals surface area contributed by atoms with E-state index in [0.717, 1.165) is 16.9 Å². The van der Waals surface area contributed by atoms with E-state index in [4.69, 9.17) is 11.6 Å². The number of benzene rings is 1. The zero-order valence-corrected chi connectivity index (χ0v) is 10.2. The van der Waals surface area contributed by atoms with Gasteiger partial charge in [0.15, 0.2) is 5.78 Å². The summed E-state index contributed by atoms with van der Waals surface area (Å²) in [5.41, 5.74) is 2.17. The molecular weight excluding hydrogens is 224 g/mol. The number of ketones is 1. The summed E-state index contributed by atoms with van der Waals surface area (Å²) in [4.78, 5) is 19.2. The number of nitrogens with one attached hydrogen (secondary N) is 1. The van der Waals surface area contributed by atoms with E-state index in [1.165, 1.54) is 0 Å². The van der Waals surface area contributed by atoms with Gasteiger partial charge in [-0.25, -0.2) is 4.98 Å². The zero-order chi connectivity index (χ0) is 11.9. The Hall–Kier alpha value is -1.35. The third kappa shape index (κ3) is 1.83. The lowest BCUT2D eigenvalue weighted by Crippen LogP contribution is -2.07. The van der Waals surface area contributed by atoms with E-state index >= 15 is 0 Å². The van der Waals surface area contributed by atoms with Crippen LogP contribution in [0.2, 0.25) is 5.02 Å². The van der Waals surface area contributed by atoms with Crippen molar-refractivity contribution in [3.8, 4) is 0 Å². The van der Waals surface area contributed by atoms with E-state index in [0.29, 0.717) is 10.6 Å². The number of carbonyl (C=O) groups excluding carboxylic acids is 1. The lowest BCUT2D eigenvalue weighted by atomic mass is 10.0. The highest BCUT2D eigenvalue weighted by Crippen LogP contribution is 2.24. The summed E-state index contributed by atoms with van der Waals surface area (Å²) >= 11 is 6.09. The number of imidazole rings is 1. The average molecular weight is 237 g/mol. The van der Waals surface area contributed by atoms with E-state index in [-0.39, 0.29) is 11.7 Å².